The summed E-state index contributed by atoms with van der Waals surface area (Å²) < 4.78 is 47.0. The highest BCUT2D eigenvalue weighted by atomic mass is 32.8. The van der Waals surface area contributed by atoms with E-state index in [1.165, 1.54) is 13.2 Å². The third-order valence-corrected chi connectivity index (χ3v) is 30.2. The Morgan fingerprint density at radius 1 is 0.466 bits per heavy atom. The normalized spacial score (nSPS) is 15.6. The van der Waals surface area contributed by atoms with Crippen LogP contribution in [0.2, 0.25) is 0 Å². The van der Waals surface area contributed by atoms with Crippen molar-refractivity contribution in [3.63, 3.8) is 0 Å². The molecule has 0 saturated heterocycles. The Kier molecular flexibility index (Phi) is 38.7. The first kappa shape index (κ1) is 105. The van der Waals surface area contributed by atoms with Crippen LogP contribution >= 0.6 is 0 Å². The Morgan fingerprint density at radius 2 is 0.820 bits per heavy atom. The largest absolute Gasteiger partial charge is 0.504 e. The molecule has 6 aliphatic heterocycles. The van der Waals surface area contributed by atoms with Gasteiger partial charge in [0.15, 0.2) is 23.0 Å². The lowest BCUT2D eigenvalue weighted by Gasteiger charge is -2.31. The van der Waals surface area contributed by atoms with Gasteiger partial charge in [-0.25, -0.2) is 0 Å². The molecule has 14 rings (SSSR count). The number of aliphatic imine (C=N–C) groups is 3. The van der Waals surface area contributed by atoms with Gasteiger partial charge in [0.2, 0.25) is 11.8 Å². The summed E-state index contributed by atoms with van der Waals surface area (Å²) in [6, 6.07) is 45.6. The number of ether oxygens (including phenoxy) is 8. The summed E-state index contributed by atoms with van der Waals surface area (Å²) in [5.41, 5.74) is 14.9. The van der Waals surface area contributed by atoms with Crippen molar-refractivity contribution in [2.75, 3.05) is 157 Å². The van der Waals surface area contributed by atoms with Crippen LogP contribution < -0.4 is 43.4 Å². The van der Waals surface area contributed by atoms with Gasteiger partial charge in [0.25, 0.3) is 17.7 Å². The van der Waals surface area contributed by atoms with Crippen molar-refractivity contribution in [1.29, 1.82) is 0 Å². The zero-order chi connectivity index (χ0) is 93.6. The van der Waals surface area contributed by atoms with Crippen LogP contribution in [0.5, 0.6) is 28.7 Å². The second kappa shape index (κ2) is 49.2. The summed E-state index contributed by atoms with van der Waals surface area (Å²) in [6.07, 6.45) is 15.7. The molecule has 0 fully saturated rings. The molecule has 0 aliphatic carbocycles. The van der Waals surface area contributed by atoms with Crippen LogP contribution in [-0.2, 0) is 116 Å². The van der Waals surface area contributed by atoms with Gasteiger partial charge in [-0.2, -0.15) is 0 Å². The lowest BCUT2D eigenvalue weighted by atomic mass is 10.1. The fraction of sp³-hybridized carbons (Fsp3) is 0.456. The van der Waals surface area contributed by atoms with E-state index >= 15 is 0 Å². The maximum atomic E-state index is 14.2. The Balaban J connectivity index is 0.000000258. The second-order valence-corrected chi connectivity index (χ2v) is 41.8. The van der Waals surface area contributed by atoms with Gasteiger partial charge in [-0.3, -0.25) is 53.6 Å². The minimum Gasteiger partial charge on any atom is -0.504 e. The van der Waals surface area contributed by atoms with E-state index in [2.05, 4.69) is 86.7 Å². The number of aryl methyl sites for hydroxylation is 1. The summed E-state index contributed by atoms with van der Waals surface area (Å²) >= 11 is 11.1. The Hall–Kier alpha value is -10.4. The van der Waals surface area contributed by atoms with Crippen LogP contribution in [0, 0.1) is 6.92 Å². The highest BCUT2D eigenvalue weighted by Gasteiger charge is 2.40. The lowest BCUT2D eigenvalue weighted by Crippen LogP contribution is -2.42. The molecule has 716 valence electrons. The van der Waals surface area contributed by atoms with Gasteiger partial charge >= 0.3 is 0 Å². The van der Waals surface area contributed by atoms with Crippen molar-refractivity contribution in [1.82, 2.24) is 9.80 Å². The quantitative estimate of drug-likeness (QED) is 0.0300. The van der Waals surface area contributed by atoms with Crippen molar-refractivity contribution in [2.24, 2.45) is 15.0 Å². The number of hydrogen-bond acceptors (Lipinski definition) is 23. The number of phenols is 1. The molecule has 26 nitrogen and oxygen atoms in total. The van der Waals surface area contributed by atoms with Crippen LogP contribution in [-0.4, -0.2) is 234 Å². The Bertz CT molecular complexity index is 5490. The molecular weight excluding hydrogens is 1760 g/mol. The smallest absolute Gasteiger partial charge is 0.261 e. The molecular formula is C103H134N10O16S4. The lowest BCUT2D eigenvalue weighted by molar-refractivity contribution is -0.131. The predicted octanol–water partition coefficient (Wildman–Crippen LogP) is 16.3. The van der Waals surface area contributed by atoms with Gasteiger partial charge in [-0.15, -0.1) is 18.9 Å². The number of carbonyl (C=O) groups is 5. The molecule has 133 heavy (non-hydrogen) atoms. The minimum atomic E-state index is -0.278. The molecule has 2 unspecified atom stereocenters. The fourth-order valence-corrected chi connectivity index (χ4v) is 17.8. The Morgan fingerprint density at radius 3 is 1.21 bits per heavy atom. The first-order chi connectivity index (χ1) is 63.0. The van der Waals surface area contributed by atoms with Gasteiger partial charge in [0, 0.05) is 173 Å². The van der Waals surface area contributed by atoms with Crippen LogP contribution in [0.25, 0.3) is 0 Å². The van der Waals surface area contributed by atoms with Crippen molar-refractivity contribution >= 4 is 135 Å². The number of amides is 5. The molecule has 0 aromatic heterocycles. The third kappa shape index (κ3) is 26.6. The predicted molar refractivity (Wildman–Crippen MR) is 544 cm³/mol. The number of carbonyl (C=O) groups excluding carboxylic acids is 5. The van der Waals surface area contributed by atoms with E-state index in [4.69, 9.17) is 70.3 Å². The number of anilines is 5. The molecule has 0 bridgehead atoms. The van der Waals surface area contributed by atoms with Crippen molar-refractivity contribution in [3.05, 3.63) is 207 Å². The maximum absolute atomic E-state index is 14.2. The van der Waals surface area contributed by atoms with Crippen LogP contribution in [0.3, 0.4) is 0 Å². The van der Waals surface area contributed by atoms with Crippen molar-refractivity contribution in [2.45, 2.75) is 175 Å². The summed E-state index contributed by atoms with van der Waals surface area (Å²) in [6.45, 7) is 22.8. The number of aromatic hydroxyl groups is 1. The topological polar surface area (TPSA) is 280 Å². The highest BCUT2D eigenvalue weighted by Crippen LogP contribution is 2.45. The average Bonchev–Trinajstić information content (AvgIpc) is 1.62. The summed E-state index contributed by atoms with van der Waals surface area (Å²) in [4.78, 5) is 95.1. The highest BCUT2D eigenvalue weighted by molar-refractivity contribution is 8.29. The van der Waals surface area contributed by atoms with Crippen molar-refractivity contribution in [3.8, 4) is 28.7 Å². The minimum absolute atomic E-state index is 0. The van der Waals surface area contributed by atoms with E-state index in [1.54, 1.807) is 52.3 Å². The number of rotatable bonds is 42. The number of nitrogens with zero attached hydrogens (tertiary/aromatic N) is 10. The van der Waals surface area contributed by atoms with E-state index in [1.807, 2.05) is 141 Å². The van der Waals surface area contributed by atoms with E-state index in [0.29, 0.717) is 175 Å². The number of fused-ring (bicyclic) bond motifs is 12. The fourth-order valence-electron chi connectivity index (χ4n) is 16.7. The molecule has 0 spiro atoms. The molecule has 5 atom stereocenters. The second-order valence-electron chi connectivity index (χ2n) is 34.7. The number of hydrogen-bond donors (Lipinski definition) is 3. The SMILES string of the molecule is C.C.CCCOCCOCCN(CCCC(=O)N(C)CC(C)(C)S(C)=S)c1cc(CO)cc(CO)c1.CCCOCCOCCN(CCCC(=O)N(C)CC(C)(C)S(C)=S)c1cc(COc2cc3c(cc2C)C(=O)N2c4ccccc4C[C@H]2C=N3)cc(COc2cc3c(cc2OC)C(=O)N2c4ccccc4C[C@H]2C=N3)c1.COc1cc2c(cc1O)N=C[C@@H]1Cc3ccccc3N1C2=O. The first-order valence-electron chi connectivity index (χ1n) is 44.9. The van der Waals surface area contributed by atoms with E-state index in [-0.39, 0.29) is 129 Å². The van der Waals surface area contributed by atoms with E-state index in [9.17, 15) is 39.3 Å². The van der Waals surface area contributed by atoms with E-state index in [0.717, 1.165) is 98.8 Å². The van der Waals surface area contributed by atoms with Crippen LogP contribution in [0.4, 0.5) is 45.5 Å². The standard InChI is InChI=1S/C59H68N6O8S2.C25H44N2O5S2.C17H14N2O3.2CH4/c1-8-21-70-23-24-71-22-20-63(19-13-18-56(66)62(5)38-59(3,4)75(7)74)44-27-40(36-72-53-32-49-47(25-39(53)2)57(67)64-45(34-60-49)29-42-14-9-11-16-51(42)64)26-41(28-44)37-73-55-33-50-48(31-54(55)69-6)58(68)65-46(35-61-50)30-43-15-10-12-17-52(43)65;1-6-11-31-13-14-32-12-10-27(23-16-21(18-28)15-22(17-23)19-29)9-7-8-24(30)26(4)20-25(2,3)34(5)33;1-22-16-7-12-13(8-15(16)20)18-9-11-6-10-4-2-3-5-14(10)19(11)17(12)21;;/h9-12,14-17,25-28,31-35,45-46H,8,13,18-24,29-30,36-38H2,1-7H3;15-17,28-29H,6-14,18-20H2,1-5H3;2-5,7-9,11,20H,6H2,1H3;2*1H4/t45-,46-,75?;;11-;;/m0.0../s1. The van der Waals surface area contributed by atoms with Gasteiger partial charge < -0.3 is 72.8 Å². The number of methoxy groups -OCH3 is 2. The number of benzene rings is 8. The van der Waals surface area contributed by atoms with Crippen molar-refractivity contribution < 1.29 is 77.2 Å². The number of aliphatic hydroxyl groups is 2. The molecule has 3 N–H and O–H groups in total. The number of para-hydroxylation sites is 3. The molecule has 6 heterocycles. The molecule has 0 radical (unpaired) electrons. The zero-order valence-electron chi connectivity index (χ0n) is 77.7. The Labute approximate surface area is 799 Å². The summed E-state index contributed by atoms with van der Waals surface area (Å²) in [5.74, 6) is 1.55. The monoisotopic (exact) mass is 1890 g/mol. The summed E-state index contributed by atoms with van der Waals surface area (Å²) in [5, 5.41) is 29.1. The molecule has 6 aliphatic rings. The van der Waals surface area contributed by atoms with Gasteiger partial charge in [0.1, 0.15) is 19.0 Å². The maximum Gasteiger partial charge on any atom is 0.261 e. The molecule has 8 aromatic carbocycles. The average molecular weight is 1900 g/mol. The zero-order valence-corrected chi connectivity index (χ0v) is 80.9. The molecule has 5 amide bonds. The number of aliphatic hydroxyl groups excluding tert-OH is 2. The van der Waals surface area contributed by atoms with Gasteiger partial charge in [-0.05, 0) is 184 Å². The van der Waals surface area contributed by atoms with Crippen LogP contribution in [0.15, 0.2) is 161 Å². The third-order valence-electron chi connectivity index (χ3n) is 24.1. The molecule has 8 aromatic rings. The first-order valence-corrected chi connectivity index (χ1v) is 50.0. The number of phenolic OH excluding ortho intramolecular Hbond substituents is 1. The summed E-state index contributed by atoms with van der Waals surface area (Å²) in [7, 11) is 6.25. The van der Waals surface area contributed by atoms with Gasteiger partial charge in [0.05, 0.1) is 119 Å². The molecule has 0 saturated carbocycles. The molecule has 30 heteroatoms. The van der Waals surface area contributed by atoms with Gasteiger partial charge in [-0.1, -0.05) is 112 Å². The van der Waals surface area contributed by atoms with E-state index < -0.39 is 0 Å². The van der Waals surface area contributed by atoms with Crippen LogP contribution in [0.1, 0.15) is 171 Å².